The lowest BCUT2D eigenvalue weighted by molar-refractivity contribution is -0.0498. The summed E-state index contributed by atoms with van der Waals surface area (Å²) in [4.78, 5) is 0. The van der Waals surface area contributed by atoms with Gasteiger partial charge in [0.15, 0.2) is 0 Å². The minimum atomic E-state index is -2.77. The van der Waals surface area contributed by atoms with E-state index in [4.69, 9.17) is 5.73 Å². The summed E-state index contributed by atoms with van der Waals surface area (Å²) in [5.74, 6) is 0.632. The number of nitrogen functional groups attached to an aromatic ring is 1. The Hall–Kier alpha value is -1.32. The molecular weight excluding hydrogens is 188 g/mol. The van der Waals surface area contributed by atoms with E-state index in [0.717, 1.165) is 18.4 Å². The fourth-order valence-electron chi connectivity index (χ4n) is 1.48. The highest BCUT2D eigenvalue weighted by atomic mass is 19.3. The molecule has 0 spiro atoms. The smallest absolute Gasteiger partial charge is 0.387 e. The predicted octanol–water partition coefficient (Wildman–Crippen LogP) is 2.75. The van der Waals surface area contributed by atoms with E-state index in [1.165, 1.54) is 6.07 Å². The molecule has 1 aromatic carbocycles. The largest absolute Gasteiger partial charge is 0.435 e. The first kappa shape index (κ1) is 9.24. The van der Waals surface area contributed by atoms with Crippen LogP contribution >= 0.6 is 0 Å². The van der Waals surface area contributed by atoms with Gasteiger partial charge in [0, 0.05) is 5.69 Å². The fourth-order valence-corrected chi connectivity index (χ4v) is 1.48. The summed E-state index contributed by atoms with van der Waals surface area (Å²) in [5.41, 5.74) is 7.31. The van der Waals surface area contributed by atoms with Crippen molar-refractivity contribution in [2.75, 3.05) is 5.73 Å². The number of nitrogens with two attached hydrogens (primary N) is 1. The van der Waals surface area contributed by atoms with Crippen molar-refractivity contribution in [2.45, 2.75) is 25.4 Å². The fraction of sp³-hybridized carbons (Fsp3) is 0.400. The molecule has 0 unspecified atom stereocenters. The number of hydrogen-bond acceptors (Lipinski definition) is 2. The zero-order valence-electron chi connectivity index (χ0n) is 7.54. The van der Waals surface area contributed by atoms with Crippen LogP contribution in [0.1, 0.15) is 24.3 Å². The Morgan fingerprint density at radius 3 is 2.64 bits per heavy atom. The van der Waals surface area contributed by atoms with Gasteiger partial charge in [0.2, 0.25) is 0 Å². The lowest BCUT2D eigenvalue weighted by Crippen LogP contribution is -2.03. The highest BCUT2D eigenvalue weighted by Crippen LogP contribution is 2.43. The average Bonchev–Trinajstić information content (AvgIpc) is 2.90. The van der Waals surface area contributed by atoms with Crippen molar-refractivity contribution in [3.05, 3.63) is 23.8 Å². The Kier molecular flexibility index (Phi) is 2.27. The zero-order chi connectivity index (χ0) is 10.1. The van der Waals surface area contributed by atoms with Crippen molar-refractivity contribution in [1.82, 2.24) is 0 Å². The van der Waals surface area contributed by atoms with E-state index in [0.29, 0.717) is 11.6 Å². The molecule has 0 heterocycles. The SMILES string of the molecule is Nc1ccc(OC(F)F)cc1C1CC1. The van der Waals surface area contributed by atoms with E-state index in [1.807, 2.05) is 0 Å². The van der Waals surface area contributed by atoms with Gasteiger partial charge >= 0.3 is 6.61 Å². The number of rotatable bonds is 3. The molecule has 1 aliphatic carbocycles. The van der Waals surface area contributed by atoms with E-state index in [2.05, 4.69) is 4.74 Å². The molecule has 0 aromatic heterocycles. The van der Waals surface area contributed by atoms with Crippen molar-refractivity contribution < 1.29 is 13.5 Å². The molecule has 0 saturated heterocycles. The summed E-state index contributed by atoms with van der Waals surface area (Å²) >= 11 is 0. The Morgan fingerprint density at radius 2 is 2.07 bits per heavy atom. The van der Waals surface area contributed by atoms with E-state index in [1.54, 1.807) is 12.1 Å². The van der Waals surface area contributed by atoms with Crippen LogP contribution in [0.3, 0.4) is 0 Å². The van der Waals surface area contributed by atoms with Crippen LogP contribution in [-0.4, -0.2) is 6.61 Å². The molecule has 0 amide bonds. The molecular formula is C10H11F2NO. The maximum Gasteiger partial charge on any atom is 0.387 e. The van der Waals surface area contributed by atoms with E-state index < -0.39 is 6.61 Å². The van der Waals surface area contributed by atoms with Gasteiger partial charge in [-0.05, 0) is 42.5 Å². The number of hydrogen-bond donors (Lipinski definition) is 1. The molecule has 2 N–H and O–H groups in total. The third kappa shape index (κ3) is 1.95. The standard InChI is InChI=1S/C10H11F2NO/c11-10(12)14-7-3-4-9(13)8(5-7)6-1-2-6/h3-6,10H,1-2,13H2. The zero-order valence-corrected chi connectivity index (χ0v) is 7.54. The third-order valence-electron chi connectivity index (χ3n) is 2.30. The molecule has 14 heavy (non-hydrogen) atoms. The molecule has 0 bridgehead atoms. The van der Waals surface area contributed by atoms with Gasteiger partial charge in [-0.1, -0.05) is 0 Å². The van der Waals surface area contributed by atoms with Gasteiger partial charge in [-0.25, -0.2) is 0 Å². The van der Waals surface area contributed by atoms with Gasteiger partial charge in [-0.15, -0.1) is 0 Å². The van der Waals surface area contributed by atoms with Crippen molar-refractivity contribution in [2.24, 2.45) is 0 Å². The highest BCUT2D eigenvalue weighted by Gasteiger charge is 2.26. The first-order valence-electron chi connectivity index (χ1n) is 4.51. The average molecular weight is 199 g/mol. The lowest BCUT2D eigenvalue weighted by atomic mass is 10.1. The van der Waals surface area contributed by atoms with Crippen LogP contribution in [0.5, 0.6) is 5.75 Å². The van der Waals surface area contributed by atoms with Crippen LogP contribution in [0, 0.1) is 0 Å². The maximum atomic E-state index is 11.9. The Bertz CT molecular complexity index is 337. The molecule has 1 fully saturated rings. The monoisotopic (exact) mass is 199 g/mol. The highest BCUT2D eigenvalue weighted by molar-refractivity contribution is 5.53. The lowest BCUT2D eigenvalue weighted by Gasteiger charge is -2.08. The van der Waals surface area contributed by atoms with Gasteiger partial charge < -0.3 is 10.5 Å². The quantitative estimate of drug-likeness (QED) is 0.759. The normalized spacial score (nSPS) is 15.9. The second kappa shape index (κ2) is 3.44. The van der Waals surface area contributed by atoms with E-state index in [-0.39, 0.29) is 5.75 Å². The van der Waals surface area contributed by atoms with Gasteiger partial charge in [0.1, 0.15) is 5.75 Å². The number of alkyl halides is 2. The van der Waals surface area contributed by atoms with Gasteiger partial charge in [0.25, 0.3) is 0 Å². The minimum absolute atomic E-state index is 0.191. The van der Waals surface area contributed by atoms with Crippen molar-refractivity contribution in [3.63, 3.8) is 0 Å². The predicted molar refractivity (Wildman–Crippen MR) is 49.5 cm³/mol. The van der Waals surface area contributed by atoms with Crippen molar-refractivity contribution >= 4 is 5.69 Å². The van der Waals surface area contributed by atoms with Gasteiger partial charge in [0.05, 0.1) is 0 Å². The molecule has 76 valence electrons. The van der Waals surface area contributed by atoms with Gasteiger partial charge in [-0.2, -0.15) is 8.78 Å². The molecule has 1 saturated carbocycles. The molecule has 0 radical (unpaired) electrons. The second-order valence-corrected chi connectivity index (χ2v) is 3.44. The van der Waals surface area contributed by atoms with Crippen LogP contribution in [0.4, 0.5) is 14.5 Å². The van der Waals surface area contributed by atoms with Crippen LogP contribution < -0.4 is 10.5 Å². The molecule has 4 heteroatoms. The van der Waals surface area contributed by atoms with Crippen LogP contribution in [-0.2, 0) is 0 Å². The molecule has 0 aliphatic heterocycles. The maximum absolute atomic E-state index is 11.9. The first-order valence-corrected chi connectivity index (χ1v) is 4.51. The number of anilines is 1. The summed E-state index contributed by atoms with van der Waals surface area (Å²) in [6.45, 7) is -2.77. The van der Waals surface area contributed by atoms with Crippen molar-refractivity contribution in [1.29, 1.82) is 0 Å². The first-order chi connectivity index (χ1) is 6.66. The number of halogens is 2. The molecule has 1 aliphatic rings. The molecule has 1 aromatic rings. The van der Waals surface area contributed by atoms with E-state index in [9.17, 15) is 8.78 Å². The molecule has 2 rings (SSSR count). The number of ether oxygens (including phenoxy) is 1. The summed E-state index contributed by atoms with van der Waals surface area (Å²) < 4.78 is 28.1. The van der Waals surface area contributed by atoms with Crippen LogP contribution in [0.25, 0.3) is 0 Å². The van der Waals surface area contributed by atoms with Crippen LogP contribution in [0.2, 0.25) is 0 Å². The minimum Gasteiger partial charge on any atom is -0.435 e. The summed E-state index contributed by atoms with van der Waals surface area (Å²) in [6, 6.07) is 4.69. The van der Waals surface area contributed by atoms with E-state index >= 15 is 0 Å². The Balaban J connectivity index is 2.21. The Morgan fingerprint density at radius 1 is 1.36 bits per heavy atom. The third-order valence-corrected chi connectivity index (χ3v) is 2.30. The van der Waals surface area contributed by atoms with Crippen LogP contribution in [0.15, 0.2) is 18.2 Å². The molecule has 0 atom stereocenters. The Labute approximate surface area is 80.7 Å². The van der Waals surface area contributed by atoms with Crippen molar-refractivity contribution in [3.8, 4) is 5.75 Å². The van der Waals surface area contributed by atoms with Gasteiger partial charge in [-0.3, -0.25) is 0 Å². The number of benzene rings is 1. The summed E-state index contributed by atoms with van der Waals surface area (Å²) in [7, 11) is 0. The summed E-state index contributed by atoms with van der Waals surface area (Å²) in [6.07, 6.45) is 2.17. The summed E-state index contributed by atoms with van der Waals surface area (Å²) in [5, 5.41) is 0. The molecule has 2 nitrogen and oxygen atoms in total. The second-order valence-electron chi connectivity index (χ2n) is 3.44. The topological polar surface area (TPSA) is 35.2 Å².